The fourth-order valence-corrected chi connectivity index (χ4v) is 8.60. The lowest BCUT2D eigenvalue weighted by molar-refractivity contribution is -0.155. The summed E-state index contributed by atoms with van der Waals surface area (Å²) in [5.41, 5.74) is 0. The molecule has 0 radical (unpaired) electrons. The lowest BCUT2D eigenvalue weighted by Crippen LogP contribution is -2.66. The van der Waals surface area contributed by atoms with Crippen LogP contribution < -0.4 is 0 Å². The van der Waals surface area contributed by atoms with E-state index >= 15 is 0 Å². The first-order chi connectivity index (χ1) is 6.98. The molecule has 3 rings (SSSR count). The van der Waals surface area contributed by atoms with Gasteiger partial charge in [0.15, 0.2) is 10.2 Å². The van der Waals surface area contributed by atoms with E-state index in [0.717, 1.165) is 0 Å². The molecule has 2 atom stereocenters. The van der Waals surface area contributed by atoms with E-state index in [-0.39, 0.29) is 17.2 Å². The first kappa shape index (κ1) is 11.8. The van der Waals surface area contributed by atoms with E-state index in [1.807, 2.05) is 0 Å². The van der Waals surface area contributed by atoms with Crippen molar-refractivity contribution in [3.63, 3.8) is 0 Å². The Morgan fingerprint density at radius 2 is 1.93 bits per heavy atom. The second-order valence-corrected chi connectivity index (χ2v) is 9.68. The average molecular weight is 282 g/mol. The Balaban J connectivity index is 2.44. The molecule has 2 amide bonds. The van der Waals surface area contributed by atoms with Crippen LogP contribution in [0.15, 0.2) is 0 Å². The number of nitrogens with zero attached hydrogens (tertiary/aromatic N) is 2. The molecule has 0 N–H and O–H groups in total. The van der Waals surface area contributed by atoms with Gasteiger partial charge in [0.2, 0.25) is 0 Å². The first-order valence-electron chi connectivity index (χ1n) is 4.21. The molecule has 84 valence electrons. The maximum absolute atomic E-state index is 12.1. The van der Waals surface area contributed by atoms with Crippen LogP contribution in [0, 0.1) is 0 Å². The average Bonchev–Trinajstić information content (AvgIpc) is 2.22. The van der Waals surface area contributed by atoms with Gasteiger partial charge in [0.25, 0.3) is 11.8 Å². The summed E-state index contributed by atoms with van der Waals surface area (Å²) in [5.74, 6) is 0.00444. The van der Waals surface area contributed by atoms with Crippen molar-refractivity contribution in [2.24, 2.45) is 0 Å². The maximum atomic E-state index is 12.1. The van der Waals surface area contributed by atoms with Crippen LogP contribution in [0.2, 0.25) is 0 Å². The zero-order chi connectivity index (χ0) is 11.2. The molecule has 0 aromatic carbocycles. The van der Waals surface area contributed by atoms with Crippen molar-refractivity contribution in [3.05, 3.63) is 0 Å². The number of hydrogen-bond acceptors (Lipinski definition) is 6. The standard InChI is InChI=1S/C7H10N2O2S4/c1-7-6(11)8(2)5(4(10)9(7)3)12-14-15-13-7/h5H,1-3H3. The van der Waals surface area contributed by atoms with Crippen LogP contribution in [0.25, 0.3) is 0 Å². The van der Waals surface area contributed by atoms with Gasteiger partial charge in [0, 0.05) is 14.1 Å². The third-order valence-electron chi connectivity index (χ3n) is 2.61. The predicted octanol–water partition coefficient (Wildman–Crippen LogP) is 1.65. The monoisotopic (exact) mass is 282 g/mol. The summed E-state index contributed by atoms with van der Waals surface area (Å²) in [6.45, 7) is 1.80. The fourth-order valence-electron chi connectivity index (χ4n) is 1.45. The van der Waals surface area contributed by atoms with Gasteiger partial charge in [-0.25, -0.2) is 0 Å². The summed E-state index contributed by atoms with van der Waals surface area (Å²) in [4.78, 5) is 26.5. The fraction of sp³-hybridized carbons (Fsp3) is 0.714. The molecule has 2 bridgehead atoms. The molecule has 8 heteroatoms. The number of fused-ring (bicyclic) bond motifs is 5. The van der Waals surface area contributed by atoms with E-state index in [4.69, 9.17) is 0 Å². The van der Waals surface area contributed by atoms with Gasteiger partial charge in [-0.2, -0.15) is 0 Å². The highest BCUT2D eigenvalue weighted by molar-refractivity contribution is 9.26. The molecule has 2 unspecified atom stereocenters. The number of amides is 2. The summed E-state index contributed by atoms with van der Waals surface area (Å²) in [6.07, 6.45) is 0. The Kier molecular flexibility index (Phi) is 3.13. The maximum Gasteiger partial charge on any atom is 0.260 e. The molecule has 3 saturated heterocycles. The minimum Gasteiger partial charge on any atom is -0.322 e. The number of rotatable bonds is 0. The van der Waals surface area contributed by atoms with Crippen molar-refractivity contribution >= 4 is 53.1 Å². The Morgan fingerprint density at radius 1 is 1.27 bits per heavy atom. The van der Waals surface area contributed by atoms with Crippen LogP contribution in [0.5, 0.6) is 0 Å². The molecule has 0 spiro atoms. The van der Waals surface area contributed by atoms with Crippen LogP contribution in [-0.4, -0.2) is 46.0 Å². The van der Waals surface area contributed by atoms with E-state index < -0.39 is 4.87 Å². The highest BCUT2D eigenvalue weighted by Gasteiger charge is 2.53. The quantitative estimate of drug-likeness (QED) is 0.629. The lowest BCUT2D eigenvalue weighted by atomic mass is 10.2. The van der Waals surface area contributed by atoms with E-state index in [9.17, 15) is 9.59 Å². The molecule has 3 aliphatic heterocycles. The number of likely N-dealkylation sites (N-methyl/N-ethyl adjacent to an activating group) is 2. The van der Waals surface area contributed by atoms with E-state index in [1.54, 1.807) is 50.5 Å². The smallest absolute Gasteiger partial charge is 0.260 e. The zero-order valence-electron chi connectivity index (χ0n) is 8.42. The molecule has 15 heavy (non-hydrogen) atoms. The van der Waals surface area contributed by atoms with Crippen LogP contribution >= 0.6 is 41.2 Å². The molecule has 3 fully saturated rings. The van der Waals surface area contributed by atoms with Crippen LogP contribution in [-0.2, 0) is 9.59 Å². The van der Waals surface area contributed by atoms with Gasteiger partial charge in [-0.1, -0.05) is 0 Å². The number of carbonyl (C=O) groups is 2. The molecular formula is C7H10N2O2S4. The molecule has 0 saturated carbocycles. The molecule has 0 aromatic heterocycles. The third kappa shape index (κ3) is 1.65. The van der Waals surface area contributed by atoms with Gasteiger partial charge < -0.3 is 9.80 Å². The summed E-state index contributed by atoms with van der Waals surface area (Å²) in [5, 5.41) is -0.381. The topological polar surface area (TPSA) is 40.6 Å². The second kappa shape index (κ2) is 3.97. The largest absolute Gasteiger partial charge is 0.322 e. The third-order valence-corrected chi connectivity index (χ3v) is 9.73. The highest BCUT2D eigenvalue weighted by atomic mass is 33.7. The molecule has 3 heterocycles. The van der Waals surface area contributed by atoms with Gasteiger partial charge in [0.05, 0.1) is 0 Å². The van der Waals surface area contributed by atoms with Crippen LogP contribution in [0.1, 0.15) is 6.92 Å². The van der Waals surface area contributed by atoms with Gasteiger partial charge in [0.1, 0.15) is 0 Å². The minimum absolute atomic E-state index is 0.0000926. The number of piperazine rings is 1. The summed E-state index contributed by atoms with van der Waals surface area (Å²) < 4.78 is 0. The van der Waals surface area contributed by atoms with Crippen LogP contribution in [0.4, 0.5) is 0 Å². The Hall–Kier alpha value is 0.340. The van der Waals surface area contributed by atoms with E-state index in [2.05, 4.69) is 0 Å². The van der Waals surface area contributed by atoms with Crippen molar-refractivity contribution in [2.75, 3.05) is 14.1 Å². The Bertz CT molecular complexity index is 322. The zero-order valence-corrected chi connectivity index (χ0v) is 11.7. The molecule has 0 aromatic rings. The summed E-state index contributed by atoms with van der Waals surface area (Å²) >= 11 is 0. The molecule has 0 aliphatic carbocycles. The van der Waals surface area contributed by atoms with Crippen molar-refractivity contribution < 1.29 is 9.59 Å². The number of carbonyl (C=O) groups excluding carboxylic acids is 2. The van der Waals surface area contributed by atoms with E-state index in [0.29, 0.717) is 0 Å². The predicted molar refractivity (Wildman–Crippen MR) is 68.1 cm³/mol. The lowest BCUT2D eigenvalue weighted by Gasteiger charge is -2.47. The second-order valence-electron chi connectivity index (χ2n) is 3.46. The van der Waals surface area contributed by atoms with Gasteiger partial charge in [-0.3, -0.25) is 9.59 Å². The van der Waals surface area contributed by atoms with Crippen LogP contribution in [0.3, 0.4) is 0 Å². The van der Waals surface area contributed by atoms with Gasteiger partial charge >= 0.3 is 0 Å². The Labute approximate surface area is 103 Å². The summed E-state index contributed by atoms with van der Waals surface area (Å²) in [7, 11) is 9.37. The van der Waals surface area contributed by atoms with E-state index in [1.165, 1.54) is 21.6 Å². The SMILES string of the molecule is CN1C(=O)C2(C)SSSSC1C(=O)N2C. The van der Waals surface area contributed by atoms with Gasteiger partial charge in [-0.05, 0) is 48.2 Å². The number of hydrogen-bond donors (Lipinski definition) is 0. The Morgan fingerprint density at radius 3 is 2.60 bits per heavy atom. The normalized spacial score (nSPS) is 36.9. The van der Waals surface area contributed by atoms with Crippen molar-refractivity contribution in [3.8, 4) is 0 Å². The first-order valence-corrected chi connectivity index (χ1v) is 9.09. The van der Waals surface area contributed by atoms with Crippen molar-refractivity contribution in [1.29, 1.82) is 0 Å². The van der Waals surface area contributed by atoms with Gasteiger partial charge in [-0.15, -0.1) is 0 Å². The van der Waals surface area contributed by atoms with Crippen molar-refractivity contribution in [1.82, 2.24) is 9.80 Å². The minimum atomic E-state index is -0.763. The summed E-state index contributed by atoms with van der Waals surface area (Å²) in [6, 6.07) is 0. The van der Waals surface area contributed by atoms with Crippen molar-refractivity contribution in [2.45, 2.75) is 17.2 Å². The highest BCUT2D eigenvalue weighted by Crippen LogP contribution is 2.56. The molecule has 4 nitrogen and oxygen atoms in total. The molecule has 3 aliphatic rings. The molecular weight excluding hydrogens is 272 g/mol.